The fraction of sp³-hybridized carbons (Fsp3) is 1.00. The van der Waals surface area contributed by atoms with Crippen molar-refractivity contribution in [3.63, 3.8) is 0 Å². The van der Waals surface area contributed by atoms with Crippen molar-refractivity contribution in [1.82, 2.24) is 0 Å². The highest BCUT2D eigenvalue weighted by Gasteiger charge is 2.52. The first-order valence-corrected chi connectivity index (χ1v) is 3.62. The zero-order valence-electron chi connectivity index (χ0n) is 5.40. The number of ether oxygens (including phenoxy) is 1. The van der Waals surface area contributed by atoms with E-state index in [1.807, 2.05) is 0 Å². The SMILES string of the molecule is F[C@@H]1CCCC[C@@]12CO2. The molecule has 2 atom stereocenters. The van der Waals surface area contributed by atoms with Crippen molar-refractivity contribution in [2.45, 2.75) is 37.5 Å². The maximum absolute atomic E-state index is 12.9. The van der Waals surface area contributed by atoms with Crippen molar-refractivity contribution in [3.8, 4) is 0 Å². The molecule has 0 aromatic heterocycles. The molecule has 52 valence electrons. The predicted octanol–water partition coefficient (Wildman–Crippen LogP) is 1.67. The summed E-state index contributed by atoms with van der Waals surface area (Å²) in [5, 5.41) is 0. The first kappa shape index (κ1) is 5.66. The van der Waals surface area contributed by atoms with Crippen LogP contribution in [0.3, 0.4) is 0 Å². The largest absolute Gasteiger partial charge is 0.366 e. The molecule has 0 aromatic rings. The van der Waals surface area contributed by atoms with Crippen LogP contribution < -0.4 is 0 Å². The Morgan fingerprint density at radius 1 is 1.44 bits per heavy atom. The lowest BCUT2D eigenvalue weighted by Crippen LogP contribution is -2.29. The van der Waals surface area contributed by atoms with Gasteiger partial charge in [-0.25, -0.2) is 4.39 Å². The van der Waals surface area contributed by atoms with Crippen LogP contribution in [0.2, 0.25) is 0 Å². The summed E-state index contributed by atoms with van der Waals surface area (Å²) in [6.07, 6.45) is 3.21. The molecule has 1 saturated heterocycles. The van der Waals surface area contributed by atoms with Gasteiger partial charge in [-0.1, -0.05) is 12.8 Å². The molecule has 1 aliphatic heterocycles. The molecule has 0 amide bonds. The Balaban J connectivity index is 2.03. The minimum Gasteiger partial charge on any atom is -0.366 e. The highest BCUT2D eigenvalue weighted by Crippen LogP contribution is 2.43. The topological polar surface area (TPSA) is 12.5 Å². The summed E-state index contributed by atoms with van der Waals surface area (Å²) in [6, 6.07) is 0. The first-order valence-electron chi connectivity index (χ1n) is 3.62. The van der Waals surface area contributed by atoms with Gasteiger partial charge in [0.15, 0.2) is 0 Å². The minimum absolute atomic E-state index is 0.280. The van der Waals surface area contributed by atoms with Crippen LogP contribution in [0.1, 0.15) is 25.7 Å². The summed E-state index contributed by atoms with van der Waals surface area (Å²) >= 11 is 0. The van der Waals surface area contributed by atoms with Crippen LogP contribution in [0.5, 0.6) is 0 Å². The Kier molecular flexibility index (Phi) is 1.06. The Labute approximate surface area is 54.2 Å². The summed E-state index contributed by atoms with van der Waals surface area (Å²) in [7, 11) is 0. The van der Waals surface area contributed by atoms with E-state index in [0.717, 1.165) is 25.7 Å². The molecule has 0 unspecified atom stereocenters. The third-order valence-electron chi connectivity index (χ3n) is 2.39. The smallest absolute Gasteiger partial charge is 0.131 e. The molecule has 9 heavy (non-hydrogen) atoms. The van der Waals surface area contributed by atoms with E-state index in [0.29, 0.717) is 6.61 Å². The van der Waals surface area contributed by atoms with Gasteiger partial charge < -0.3 is 4.74 Å². The van der Waals surface area contributed by atoms with Gasteiger partial charge in [-0.15, -0.1) is 0 Å². The van der Waals surface area contributed by atoms with Crippen LogP contribution in [0.25, 0.3) is 0 Å². The van der Waals surface area contributed by atoms with Gasteiger partial charge in [0.2, 0.25) is 0 Å². The quantitative estimate of drug-likeness (QED) is 0.454. The van der Waals surface area contributed by atoms with Gasteiger partial charge in [-0.2, -0.15) is 0 Å². The van der Waals surface area contributed by atoms with Crippen molar-refractivity contribution in [2.24, 2.45) is 0 Å². The normalized spacial score (nSPS) is 49.7. The second-order valence-corrected chi connectivity index (χ2v) is 3.07. The Morgan fingerprint density at radius 2 is 2.22 bits per heavy atom. The average molecular weight is 130 g/mol. The molecule has 0 radical (unpaired) electrons. The molecular weight excluding hydrogens is 119 g/mol. The Morgan fingerprint density at radius 3 is 2.67 bits per heavy atom. The molecule has 1 spiro atoms. The van der Waals surface area contributed by atoms with Gasteiger partial charge in [0, 0.05) is 0 Å². The Hall–Kier alpha value is -0.110. The molecule has 0 aromatic carbocycles. The van der Waals surface area contributed by atoms with Gasteiger partial charge in [0.1, 0.15) is 11.8 Å². The molecule has 1 heterocycles. The molecule has 0 bridgehead atoms. The number of hydrogen-bond acceptors (Lipinski definition) is 1. The number of hydrogen-bond donors (Lipinski definition) is 0. The molecule has 1 saturated carbocycles. The van der Waals surface area contributed by atoms with E-state index in [9.17, 15) is 4.39 Å². The average Bonchev–Trinajstić information content (AvgIpc) is 2.60. The maximum atomic E-state index is 12.9. The summed E-state index contributed by atoms with van der Waals surface area (Å²) in [5.74, 6) is 0. The van der Waals surface area contributed by atoms with E-state index in [1.54, 1.807) is 0 Å². The second kappa shape index (κ2) is 1.69. The van der Waals surface area contributed by atoms with Gasteiger partial charge >= 0.3 is 0 Å². The molecule has 1 nitrogen and oxygen atoms in total. The van der Waals surface area contributed by atoms with Gasteiger partial charge in [0.25, 0.3) is 0 Å². The van der Waals surface area contributed by atoms with E-state index in [2.05, 4.69) is 0 Å². The predicted molar refractivity (Wildman–Crippen MR) is 32.0 cm³/mol. The standard InChI is InChI=1S/C7H11FO/c8-6-3-1-2-4-7(6)5-9-7/h6H,1-5H2/t6-,7-/m1/s1. The van der Waals surface area contributed by atoms with Crippen LogP contribution >= 0.6 is 0 Å². The second-order valence-electron chi connectivity index (χ2n) is 3.07. The summed E-state index contributed by atoms with van der Waals surface area (Å²) in [5.41, 5.74) is -0.280. The Bertz CT molecular complexity index is 120. The number of rotatable bonds is 0. The summed E-state index contributed by atoms with van der Waals surface area (Å²) in [6.45, 7) is 0.675. The van der Waals surface area contributed by atoms with Crippen molar-refractivity contribution in [3.05, 3.63) is 0 Å². The lowest BCUT2D eigenvalue weighted by molar-refractivity contribution is 0.115. The van der Waals surface area contributed by atoms with Crippen LogP contribution in [-0.2, 0) is 4.74 Å². The van der Waals surface area contributed by atoms with Gasteiger partial charge in [0.05, 0.1) is 6.61 Å². The van der Waals surface area contributed by atoms with Crippen molar-refractivity contribution < 1.29 is 9.13 Å². The third-order valence-corrected chi connectivity index (χ3v) is 2.39. The zero-order chi connectivity index (χ0) is 6.32. The van der Waals surface area contributed by atoms with E-state index < -0.39 is 6.17 Å². The first-order chi connectivity index (χ1) is 4.33. The molecular formula is C7H11FO. The van der Waals surface area contributed by atoms with Gasteiger partial charge in [-0.3, -0.25) is 0 Å². The van der Waals surface area contributed by atoms with Crippen LogP contribution in [0.4, 0.5) is 4.39 Å². The van der Waals surface area contributed by atoms with Crippen LogP contribution in [0, 0.1) is 0 Å². The van der Waals surface area contributed by atoms with Crippen molar-refractivity contribution in [2.75, 3.05) is 6.61 Å². The molecule has 2 heteroatoms. The monoisotopic (exact) mass is 130 g/mol. The highest BCUT2D eigenvalue weighted by atomic mass is 19.1. The number of alkyl halides is 1. The van der Waals surface area contributed by atoms with Crippen LogP contribution in [0.15, 0.2) is 0 Å². The molecule has 2 aliphatic rings. The molecule has 2 rings (SSSR count). The molecule has 2 fully saturated rings. The lowest BCUT2D eigenvalue weighted by Gasteiger charge is -2.21. The van der Waals surface area contributed by atoms with Crippen LogP contribution in [-0.4, -0.2) is 18.4 Å². The van der Waals surface area contributed by atoms with E-state index in [-0.39, 0.29) is 5.60 Å². The fourth-order valence-corrected chi connectivity index (χ4v) is 1.59. The zero-order valence-corrected chi connectivity index (χ0v) is 5.40. The minimum atomic E-state index is -0.661. The molecule has 0 N–H and O–H groups in total. The van der Waals surface area contributed by atoms with Gasteiger partial charge in [-0.05, 0) is 12.8 Å². The van der Waals surface area contributed by atoms with E-state index in [1.165, 1.54) is 0 Å². The summed E-state index contributed by atoms with van der Waals surface area (Å²) in [4.78, 5) is 0. The molecule has 1 aliphatic carbocycles. The van der Waals surface area contributed by atoms with E-state index in [4.69, 9.17) is 4.74 Å². The van der Waals surface area contributed by atoms with E-state index >= 15 is 0 Å². The number of epoxide rings is 1. The van der Waals surface area contributed by atoms with Crippen molar-refractivity contribution in [1.29, 1.82) is 0 Å². The third kappa shape index (κ3) is 0.767. The maximum Gasteiger partial charge on any atom is 0.131 e. The fourth-order valence-electron chi connectivity index (χ4n) is 1.59. The number of halogens is 1. The van der Waals surface area contributed by atoms with Crippen molar-refractivity contribution >= 4 is 0 Å². The highest BCUT2D eigenvalue weighted by molar-refractivity contribution is 5.00. The lowest BCUT2D eigenvalue weighted by atomic mass is 9.88. The summed E-state index contributed by atoms with van der Waals surface area (Å²) < 4.78 is 18.0.